The van der Waals surface area contributed by atoms with Crippen LogP contribution in [0.5, 0.6) is 0 Å². The molecule has 0 spiro atoms. The molecule has 1 aliphatic rings. The summed E-state index contributed by atoms with van der Waals surface area (Å²) in [6.45, 7) is 3.50. The van der Waals surface area contributed by atoms with Crippen LogP contribution >= 0.6 is 0 Å². The van der Waals surface area contributed by atoms with E-state index >= 15 is 0 Å². The minimum absolute atomic E-state index is 0.671. The summed E-state index contributed by atoms with van der Waals surface area (Å²) in [4.78, 5) is 0. The van der Waals surface area contributed by atoms with Crippen molar-refractivity contribution in [2.75, 3.05) is 13.6 Å². The Hall–Kier alpha value is -0.0800. The molecule has 0 saturated carbocycles. The van der Waals surface area contributed by atoms with Crippen LogP contribution in [0.2, 0.25) is 0 Å². The summed E-state index contributed by atoms with van der Waals surface area (Å²) in [5.74, 6) is 0. The van der Waals surface area contributed by atoms with E-state index in [-0.39, 0.29) is 0 Å². The SMILES string of the molecule is CNC(C)CCC1CCCCCN1. The van der Waals surface area contributed by atoms with Crippen LogP contribution in [0.25, 0.3) is 0 Å². The van der Waals surface area contributed by atoms with Crippen LogP contribution in [-0.2, 0) is 0 Å². The average Bonchev–Trinajstić information content (AvgIpc) is 2.42. The minimum atomic E-state index is 0.671. The van der Waals surface area contributed by atoms with Crippen molar-refractivity contribution in [1.29, 1.82) is 0 Å². The van der Waals surface area contributed by atoms with Crippen molar-refractivity contribution in [2.24, 2.45) is 0 Å². The second kappa shape index (κ2) is 6.39. The zero-order valence-electron chi connectivity index (χ0n) is 9.10. The Morgan fingerprint density at radius 3 is 3.00 bits per heavy atom. The molecule has 1 aliphatic heterocycles. The van der Waals surface area contributed by atoms with Gasteiger partial charge in [-0.25, -0.2) is 0 Å². The number of rotatable bonds is 4. The second-order valence-electron chi connectivity index (χ2n) is 4.27. The Morgan fingerprint density at radius 1 is 1.38 bits per heavy atom. The maximum absolute atomic E-state index is 3.63. The van der Waals surface area contributed by atoms with Crippen LogP contribution < -0.4 is 10.6 Å². The van der Waals surface area contributed by atoms with Crippen molar-refractivity contribution in [3.8, 4) is 0 Å². The Balaban J connectivity index is 2.11. The monoisotopic (exact) mass is 184 g/mol. The summed E-state index contributed by atoms with van der Waals surface area (Å²) in [5, 5.41) is 6.93. The van der Waals surface area contributed by atoms with Gasteiger partial charge in [-0.15, -0.1) is 0 Å². The third kappa shape index (κ3) is 4.63. The van der Waals surface area contributed by atoms with Gasteiger partial charge in [0.1, 0.15) is 0 Å². The van der Waals surface area contributed by atoms with Gasteiger partial charge in [0.15, 0.2) is 0 Å². The highest BCUT2D eigenvalue weighted by molar-refractivity contribution is 4.72. The molecule has 2 atom stereocenters. The lowest BCUT2D eigenvalue weighted by molar-refractivity contribution is 0.428. The van der Waals surface area contributed by atoms with Crippen molar-refractivity contribution in [1.82, 2.24) is 10.6 Å². The lowest BCUT2D eigenvalue weighted by Crippen LogP contribution is -2.31. The highest BCUT2D eigenvalue weighted by Gasteiger charge is 2.11. The average molecular weight is 184 g/mol. The first-order valence-electron chi connectivity index (χ1n) is 5.73. The fourth-order valence-electron chi connectivity index (χ4n) is 1.94. The Kier molecular flexibility index (Phi) is 5.40. The highest BCUT2D eigenvalue weighted by Crippen LogP contribution is 2.13. The van der Waals surface area contributed by atoms with E-state index in [9.17, 15) is 0 Å². The van der Waals surface area contributed by atoms with E-state index in [2.05, 4.69) is 17.6 Å². The molecule has 78 valence electrons. The molecule has 2 N–H and O–H groups in total. The minimum Gasteiger partial charge on any atom is -0.317 e. The molecule has 2 nitrogen and oxygen atoms in total. The van der Waals surface area contributed by atoms with Crippen LogP contribution in [0.4, 0.5) is 0 Å². The molecule has 1 rings (SSSR count). The molecule has 0 aromatic rings. The largest absolute Gasteiger partial charge is 0.317 e. The van der Waals surface area contributed by atoms with Gasteiger partial charge < -0.3 is 10.6 Å². The first kappa shape index (κ1) is 11.0. The molecule has 2 unspecified atom stereocenters. The number of hydrogen-bond donors (Lipinski definition) is 2. The van der Waals surface area contributed by atoms with E-state index in [4.69, 9.17) is 0 Å². The predicted molar refractivity (Wildman–Crippen MR) is 58.0 cm³/mol. The molecule has 0 aromatic carbocycles. The van der Waals surface area contributed by atoms with E-state index in [0.29, 0.717) is 6.04 Å². The Labute approximate surface area is 82.5 Å². The molecule has 1 fully saturated rings. The standard InChI is InChI=1S/C11H24N2/c1-10(12-2)7-8-11-6-4-3-5-9-13-11/h10-13H,3-9H2,1-2H3. The van der Waals surface area contributed by atoms with Gasteiger partial charge in [0, 0.05) is 12.1 Å². The molecule has 0 bridgehead atoms. The Morgan fingerprint density at radius 2 is 2.23 bits per heavy atom. The van der Waals surface area contributed by atoms with Gasteiger partial charge in [-0.2, -0.15) is 0 Å². The van der Waals surface area contributed by atoms with E-state index < -0.39 is 0 Å². The third-order valence-corrected chi connectivity index (χ3v) is 3.10. The summed E-state index contributed by atoms with van der Waals surface area (Å²) < 4.78 is 0. The molecule has 0 aliphatic carbocycles. The van der Waals surface area contributed by atoms with Gasteiger partial charge in [-0.05, 0) is 46.2 Å². The first-order valence-corrected chi connectivity index (χ1v) is 5.73. The topological polar surface area (TPSA) is 24.1 Å². The zero-order chi connectivity index (χ0) is 9.52. The van der Waals surface area contributed by atoms with Crippen molar-refractivity contribution in [3.63, 3.8) is 0 Å². The summed E-state index contributed by atoms with van der Waals surface area (Å²) in [6.07, 6.45) is 8.24. The van der Waals surface area contributed by atoms with Gasteiger partial charge in [0.2, 0.25) is 0 Å². The quantitative estimate of drug-likeness (QED) is 0.697. The number of hydrogen-bond acceptors (Lipinski definition) is 2. The number of nitrogens with one attached hydrogen (secondary N) is 2. The molecule has 2 heteroatoms. The van der Waals surface area contributed by atoms with Crippen molar-refractivity contribution < 1.29 is 0 Å². The van der Waals surface area contributed by atoms with E-state index in [1.54, 1.807) is 0 Å². The van der Waals surface area contributed by atoms with Crippen molar-refractivity contribution in [2.45, 2.75) is 57.5 Å². The van der Waals surface area contributed by atoms with Gasteiger partial charge in [-0.3, -0.25) is 0 Å². The normalized spacial score (nSPS) is 26.8. The summed E-state index contributed by atoms with van der Waals surface area (Å²) in [5.41, 5.74) is 0. The van der Waals surface area contributed by atoms with Gasteiger partial charge >= 0.3 is 0 Å². The van der Waals surface area contributed by atoms with Gasteiger partial charge in [0.25, 0.3) is 0 Å². The maximum atomic E-state index is 3.63. The molecule has 0 aromatic heterocycles. The third-order valence-electron chi connectivity index (χ3n) is 3.10. The van der Waals surface area contributed by atoms with Crippen LogP contribution in [0.1, 0.15) is 45.4 Å². The van der Waals surface area contributed by atoms with Crippen molar-refractivity contribution >= 4 is 0 Å². The molecule has 13 heavy (non-hydrogen) atoms. The zero-order valence-corrected chi connectivity index (χ0v) is 9.10. The lowest BCUT2D eigenvalue weighted by Gasteiger charge is -2.18. The van der Waals surface area contributed by atoms with E-state index in [0.717, 1.165) is 6.04 Å². The fraction of sp³-hybridized carbons (Fsp3) is 1.00. The molecular weight excluding hydrogens is 160 g/mol. The summed E-state index contributed by atoms with van der Waals surface area (Å²) >= 11 is 0. The predicted octanol–water partition coefficient (Wildman–Crippen LogP) is 1.91. The molecule has 0 radical (unpaired) electrons. The molecule has 0 amide bonds. The summed E-state index contributed by atoms with van der Waals surface area (Å²) in [6, 6.07) is 1.46. The van der Waals surface area contributed by atoms with Gasteiger partial charge in [-0.1, -0.05) is 12.8 Å². The molecular formula is C11H24N2. The summed E-state index contributed by atoms with van der Waals surface area (Å²) in [7, 11) is 2.05. The van der Waals surface area contributed by atoms with Crippen LogP contribution in [0.3, 0.4) is 0 Å². The van der Waals surface area contributed by atoms with Gasteiger partial charge in [0.05, 0.1) is 0 Å². The fourth-order valence-corrected chi connectivity index (χ4v) is 1.94. The van der Waals surface area contributed by atoms with Crippen LogP contribution in [-0.4, -0.2) is 25.7 Å². The first-order chi connectivity index (χ1) is 6.33. The second-order valence-corrected chi connectivity index (χ2v) is 4.27. The molecule has 1 heterocycles. The van der Waals surface area contributed by atoms with Crippen molar-refractivity contribution in [3.05, 3.63) is 0 Å². The lowest BCUT2D eigenvalue weighted by atomic mass is 10.0. The Bertz CT molecular complexity index is 117. The maximum Gasteiger partial charge on any atom is 0.00676 e. The van der Waals surface area contributed by atoms with Crippen LogP contribution in [0, 0.1) is 0 Å². The highest BCUT2D eigenvalue weighted by atomic mass is 14.9. The smallest absolute Gasteiger partial charge is 0.00676 e. The molecule has 1 saturated heterocycles. The van der Waals surface area contributed by atoms with Crippen LogP contribution in [0.15, 0.2) is 0 Å². The van der Waals surface area contributed by atoms with E-state index in [1.165, 1.54) is 45.1 Å². The van der Waals surface area contributed by atoms with E-state index in [1.807, 2.05) is 7.05 Å².